The van der Waals surface area contributed by atoms with Gasteiger partial charge >= 0.3 is 0 Å². The van der Waals surface area contributed by atoms with E-state index in [1.165, 1.54) is 0 Å². The summed E-state index contributed by atoms with van der Waals surface area (Å²) < 4.78 is 0. The van der Waals surface area contributed by atoms with Crippen molar-refractivity contribution in [3.63, 3.8) is 0 Å². The Morgan fingerprint density at radius 2 is 2.09 bits per heavy atom. The van der Waals surface area contributed by atoms with Crippen molar-refractivity contribution in [2.45, 2.75) is 0 Å². The highest BCUT2D eigenvalue weighted by Gasteiger charge is 2.15. The number of nitrogens with zero attached hydrogens (tertiary/aromatic N) is 3. The van der Waals surface area contributed by atoms with Crippen LogP contribution in [-0.2, 0) is 4.79 Å². The average molecular weight is 299 g/mol. The van der Waals surface area contributed by atoms with Crippen molar-refractivity contribution < 1.29 is 4.79 Å². The number of hydrazone groups is 1. The standard InChI is InChI=1S/C16H21N5O/c1-20-6-8-21(9-7-20)12-16(22)19-18-11-13-10-17-15-5-3-2-4-14(13)15/h2-5,10-11,17H,6-9,12H2,1H3,(H,19,22)/b18-11-. The average Bonchev–Trinajstić information content (AvgIpc) is 2.93. The Morgan fingerprint density at radius 3 is 2.91 bits per heavy atom. The molecule has 6 nitrogen and oxygen atoms in total. The number of hydrogen-bond donors (Lipinski definition) is 2. The van der Waals surface area contributed by atoms with E-state index in [1.807, 2.05) is 30.5 Å². The summed E-state index contributed by atoms with van der Waals surface area (Å²) >= 11 is 0. The number of para-hydroxylation sites is 1. The summed E-state index contributed by atoms with van der Waals surface area (Å²) in [6, 6.07) is 8.01. The Labute approximate surface area is 129 Å². The smallest absolute Gasteiger partial charge is 0.254 e. The van der Waals surface area contributed by atoms with Crippen LogP contribution in [0.3, 0.4) is 0 Å². The molecule has 2 N–H and O–H groups in total. The predicted molar refractivity (Wildman–Crippen MR) is 88.0 cm³/mol. The molecular formula is C16H21N5O. The Balaban J connectivity index is 1.52. The van der Waals surface area contributed by atoms with Crippen LogP contribution in [0.15, 0.2) is 35.6 Å². The van der Waals surface area contributed by atoms with Gasteiger partial charge in [0.05, 0.1) is 12.8 Å². The van der Waals surface area contributed by atoms with Gasteiger partial charge in [0, 0.05) is 48.8 Å². The molecule has 1 amide bonds. The van der Waals surface area contributed by atoms with Gasteiger partial charge in [0.1, 0.15) is 0 Å². The van der Waals surface area contributed by atoms with Crippen molar-refractivity contribution in [3.8, 4) is 0 Å². The van der Waals surface area contributed by atoms with Crippen LogP contribution in [0.1, 0.15) is 5.56 Å². The van der Waals surface area contributed by atoms with Crippen molar-refractivity contribution in [3.05, 3.63) is 36.0 Å². The number of nitrogens with one attached hydrogen (secondary N) is 2. The molecule has 0 atom stereocenters. The molecule has 1 fully saturated rings. The first-order valence-electron chi connectivity index (χ1n) is 7.51. The van der Waals surface area contributed by atoms with Crippen LogP contribution in [0.25, 0.3) is 10.9 Å². The quantitative estimate of drug-likeness (QED) is 0.650. The summed E-state index contributed by atoms with van der Waals surface area (Å²) in [4.78, 5) is 19.5. The van der Waals surface area contributed by atoms with Gasteiger partial charge in [-0.25, -0.2) is 5.43 Å². The zero-order chi connectivity index (χ0) is 15.4. The second kappa shape index (κ2) is 6.72. The number of H-pyrrole nitrogens is 1. The van der Waals surface area contributed by atoms with E-state index >= 15 is 0 Å². The first-order valence-corrected chi connectivity index (χ1v) is 7.51. The monoisotopic (exact) mass is 299 g/mol. The van der Waals surface area contributed by atoms with E-state index in [4.69, 9.17) is 0 Å². The van der Waals surface area contributed by atoms with Gasteiger partial charge in [-0.1, -0.05) is 18.2 Å². The number of hydrogen-bond acceptors (Lipinski definition) is 4. The molecule has 1 saturated heterocycles. The lowest BCUT2D eigenvalue weighted by Gasteiger charge is -2.31. The molecule has 1 aromatic carbocycles. The number of carbonyl (C=O) groups is 1. The third kappa shape index (κ3) is 3.52. The van der Waals surface area contributed by atoms with Crippen molar-refractivity contribution in [2.24, 2.45) is 5.10 Å². The summed E-state index contributed by atoms with van der Waals surface area (Å²) in [5.41, 5.74) is 4.64. The topological polar surface area (TPSA) is 63.7 Å². The number of fused-ring (bicyclic) bond motifs is 1. The lowest BCUT2D eigenvalue weighted by molar-refractivity contribution is -0.122. The maximum atomic E-state index is 11.9. The fraction of sp³-hybridized carbons (Fsp3) is 0.375. The maximum Gasteiger partial charge on any atom is 0.254 e. The van der Waals surface area contributed by atoms with E-state index in [0.717, 1.165) is 42.6 Å². The summed E-state index contributed by atoms with van der Waals surface area (Å²) in [6.07, 6.45) is 3.57. The summed E-state index contributed by atoms with van der Waals surface area (Å²) in [5.74, 6) is -0.0688. The van der Waals surface area contributed by atoms with Crippen LogP contribution in [0.2, 0.25) is 0 Å². The van der Waals surface area contributed by atoms with Crippen LogP contribution in [0.4, 0.5) is 0 Å². The Kier molecular flexibility index (Phi) is 4.50. The number of rotatable bonds is 4. The van der Waals surface area contributed by atoms with E-state index in [0.29, 0.717) is 6.54 Å². The number of benzene rings is 1. The van der Waals surface area contributed by atoms with Crippen molar-refractivity contribution in [1.29, 1.82) is 0 Å². The molecule has 0 bridgehead atoms. The molecule has 1 aliphatic heterocycles. The minimum atomic E-state index is -0.0688. The Morgan fingerprint density at radius 1 is 1.32 bits per heavy atom. The van der Waals surface area contributed by atoms with E-state index in [9.17, 15) is 4.79 Å². The number of aromatic nitrogens is 1. The summed E-state index contributed by atoms with van der Waals surface area (Å²) in [5, 5.41) is 5.16. The molecule has 2 heterocycles. The highest BCUT2D eigenvalue weighted by molar-refractivity contribution is 5.99. The first kappa shape index (κ1) is 14.7. The normalized spacial score (nSPS) is 17.3. The van der Waals surface area contributed by atoms with Gasteiger partial charge in [0.15, 0.2) is 0 Å². The molecule has 1 aliphatic rings. The molecule has 0 unspecified atom stereocenters. The zero-order valence-electron chi connectivity index (χ0n) is 12.7. The van der Waals surface area contributed by atoms with Gasteiger partial charge in [-0.05, 0) is 13.1 Å². The fourth-order valence-corrected chi connectivity index (χ4v) is 2.62. The molecule has 0 saturated carbocycles. The van der Waals surface area contributed by atoms with Crippen LogP contribution in [-0.4, -0.2) is 66.7 Å². The third-order valence-corrected chi connectivity index (χ3v) is 3.98. The Bertz CT molecular complexity index is 670. The van der Waals surface area contributed by atoms with E-state index in [1.54, 1.807) is 6.21 Å². The maximum absolute atomic E-state index is 11.9. The van der Waals surface area contributed by atoms with Crippen LogP contribution >= 0.6 is 0 Å². The van der Waals surface area contributed by atoms with Gasteiger partial charge in [0.25, 0.3) is 5.91 Å². The molecule has 1 aromatic heterocycles. The number of aromatic amines is 1. The molecule has 0 aliphatic carbocycles. The highest BCUT2D eigenvalue weighted by Crippen LogP contribution is 2.15. The van der Waals surface area contributed by atoms with Gasteiger partial charge in [-0.15, -0.1) is 0 Å². The number of likely N-dealkylation sites (N-methyl/N-ethyl adjacent to an activating group) is 1. The first-order chi connectivity index (χ1) is 10.7. The predicted octanol–water partition coefficient (Wildman–Crippen LogP) is 0.865. The SMILES string of the molecule is CN1CCN(CC(=O)N/N=C\c2c[nH]c3ccccc23)CC1. The van der Waals surface area contributed by atoms with Gasteiger partial charge in [-0.3, -0.25) is 9.69 Å². The third-order valence-electron chi connectivity index (χ3n) is 3.98. The van der Waals surface area contributed by atoms with Gasteiger partial charge in [-0.2, -0.15) is 5.10 Å². The number of piperazine rings is 1. The zero-order valence-corrected chi connectivity index (χ0v) is 12.7. The lowest BCUT2D eigenvalue weighted by Crippen LogP contribution is -2.47. The van der Waals surface area contributed by atoms with Gasteiger partial charge < -0.3 is 9.88 Å². The molecular weight excluding hydrogens is 278 g/mol. The lowest BCUT2D eigenvalue weighted by atomic mass is 10.2. The van der Waals surface area contributed by atoms with Crippen molar-refractivity contribution in [1.82, 2.24) is 20.2 Å². The Hall–Kier alpha value is -2.18. The number of carbonyl (C=O) groups excluding carboxylic acids is 1. The van der Waals surface area contributed by atoms with Crippen LogP contribution < -0.4 is 5.43 Å². The molecule has 22 heavy (non-hydrogen) atoms. The molecule has 116 valence electrons. The van der Waals surface area contributed by atoms with Crippen LogP contribution in [0, 0.1) is 0 Å². The molecule has 2 aromatic rings. The molecule has 3 rings (SSSR count). The molecule has 6 heteroatoms. The minimum absolute atomic E-state index is 0.0688. The minimum Gasteiger partial charge on any atom is -0.361 e. The van der Waals surface area contributed by atoms with Crippen molar-refractivity contribution in [2.75, 3.05) is 39.8 Å². The second-order valence-corrected chi connectivity index (χ2v) is 5.66. The van der Waals surface area contributed by atoms with E-state index < -0.39 is 0 Å². The van der Waals surface area contributed by atoms with Crippen LogP contribution in [0.5, 0.6) is 0 Å². The van der Waals surface area contributed by atoms with Gasteiger partial charge in [0.2, 0.25) is 0 Å². The molecule has 0 radical (unpaired) electrons. The molecule has 0 spiro atoms. The highest BCUT2D eigenvalue weighted by atomic mass is 16.2. The van der Waals surface area contributed by atoms with E-state index in [-0.39, 0.29) is 5.91 Å². The van der Waals surface area contributed by atoms with E-state index in [2.05, 4.69) is 32.4 Å². The fourth-order valence-electron chi connectivity index (χ4n) is 2.62. The summed E-state index contributed by atoms with van der Waals surface area (Å²) in [6.45, 7) is 4.27. The largest absolute Gasteiger partial charge is 0.361 e. The van der Waals surface area contributed by atoms with Crippen molar-refractivity contribution >= 4 is 23.0 Å². The summed E-state index contributed by atoms with van der Waals surface area (Å²) in [7, 11) is 2.10. The second-order valence-electron chi connectivity index (χ2n) is 5.66. The number of amides is 1.